The minimum absolute atomic E-state index is 0.0559. The van der Waals surface area contributed by atoms with Crippen LogP contribution in [0.5, 0.6) is 11.5 Å². The Morgan fingerprint density at radius 2 is 1.71 bits per heavy atom. The van der Waals surface area contributed by atoms with Gasteiger partial charge in [-0.3, -0.25) is 15.0 Å². The number of carbonyl (C=O) groups is 2. The molecule has 0 spiro atoms. The number of thioether (sulfide) groups is 1. The van der Waals surface area contributed by atoms with Crippen molar-refractivity contribution in [3.63, 3.8) is 0 Å². The van der Waals surface area contributed by atoms with E-state index in [-0.39, 0.29) is 23.7 Å². The van der Waals surface area contributed by atoms with E-state index in [0.29, 0.717) is 55.5 Å². The molecule has 38 heavy (non-hydrogen) atoms. The first-order valence-electron chi connectivity index (χ1n) is 12.3. The minimum atomic E-state index is -0.511. The van der Waals surface area contributed by atoms with Gasteiger partial charge in [0.05, 0.1) is 38.4 Å². The average Bonchev–Trinajstić information content (AvgIpc) is 3.35. The normalized spacial score (nSPS) is 18.3. The summed E-state index contributed by atoms with van der Waals surface area (Å²) in [6, 6.07) is 16.9. The SMILES string of the molecule is N=C1/C(=C/c2ccc(OCCCOc3ccccc3)cc2)C(=O)N=C2SC(CC(=O)N3CCOCC3)=NN12. The molecule has 0 radical (unpaired) electrons. The Bertz CT molecular complexity index is 1290. The maximum absolute atomic E-state index is 12.7. The summed E-state index contributed by atoms with van der Waals surface area (Å²) in [6.45, 7) is 3.21. The summed E-state index contributed by atoms with van der Waals surface area (Å²) in [5.41, 5.74) is 0.862. The summed E-state index contributed by atoms with van der Waals surface area (Å²) in [5, 5.41) is 15.1. The standard InChI is InChI=1S/C27H27N5O5S/c28-25-22(17-19-7-9-21(10-8-19)37-14-4-13-36-20-5-2-1-3-6-20)26(34)29-27-32(25)30-23(38-27)18-24(33)31-11-15-35-16-12-31/h1-3,5-10,17,28H,4,11-16,18H2/b22-17-,28-25?. The second-order valence-corrected chi connectivity index (χ2v) is 9.66. The van der Waals surface area contributed by atoms with Gasteiger partial charge in [0.1, 0.15) is 16.5 Å². The Morgan fingerprint density at radius 3 is 2.42 bits per heavy atom. The largest absolute Gasteiger partial charge is 0.493 e. The number of carbonyl (C=O) groups excluding carboxylic acids is 2. The minimum Gasteiger partial charge on any atom is -0.493 e. The number of fused-ring (bicyclic) bond motifs is 1. The van der Waals surface area contributed by atoms with E-state index in [1.54, 1.807) is 11.0 Å². The Morgan fingerprint density at radius 1 is 1.03 bits per heavy atom. The van der Waals surface area contributed by atoms with Crippen molar-refractivity contribution in [2.45, 2.75) is 12.8 Å². The van der Waals surface area contributed by atoms with Gasteiger partial charge in [0.2, 0.25) is 11.1 Å². The number of amidine groups is 2. The number of hydrogen-bond acceptors (Lipinski definition) is 8. The number of hydrogen-bond donors (Lipinski definition) is 1. The van der Waals surface area contributed by atoms with Crippen LogP contribution in [0.15, 0.2) is 70.3 Å². The third kappa shape index (κ3) is 6.29. The van der Waals surface area contributed by atoms with Crippen LogP contribution in [-0.2, 0) is 14.3 Å². The first-order valence-corrected chi connectivity index (χ1v) is 13.1. The molecule has 3 aliphatic rings. The molecule has 0 unspecified atom stereocenters. The van der Waals surface area contributed by atoms with E-state index in [9.17, 15) is 9.59 Å². The number of rotatable bonds is 9. The molecule has 2 aromatic rings. The maximum Gasteiger partial charge on any atom is 0.283 e. The summed E-state index contributed by atoms with van der Waals surface area (Å²) < 4.78 is 16.7. The van der Waals surface area contributed by atoms with Gasteiger partial charge in [0.25, 0.3) is 5.91 Å². The number of hydrazone groups is 1. The second-order valence-electron chi connectivity index (χ2n) is 8.62. The van der Waals surface area contributed by atoms with Crippen molar-refractivity contribution in [3.8, 4) is 11.5 Å². The lowest BCUT2D eigenvalue weighted by Gasteiger charge is -2.26. The fraction of sp³-hybridized carbons (Fsp3) is 0.296. The van der Waals surface area contributed by atoms with Crippen LogP contribution in [0.3, 0.4) is 0 Å². The highest BCUT2D eigenvalue weighted by atomic mass is 32.2. The Labute approximate surface area is 224 Å². The molecular weight excluding hydrogens is 506 g/mol. The van der Waals surface area contributed by atoms with Crippen LogP contribution in [-0.4, -0.2) is 77.3 Å². The molecule has 2 aromatic carbocycles. The van der Waals surface area contributed by atoms with Crippen molar-refractivity contribution in [1.29, 1.82) is 5.41 Å². The van der Waals surface area contributed by atoms with Gasteiger partial charge in [-0.2, -0.15) is 15.1 Å². The lowest BCUT2D eigenvalue weighted by Crippen LogP contribution is -2.41. The van der Waals surface area contributed by atoms with E-state index in [1.807, 2.05) is 54.6 Å². The van der Waals surface area contributed by atoms with Crippen LogP contribution in [0.2, 0.25) is 0 Å². The average molecular weight is 534 g/mol. The van der Waals surface area contributed by atoms with Gasteiger partial charge >= 0.3 is 0 Å². The van der Waals surface area contributed by atoms with Crippen LogP contribution in [0.1, 0.15) is 18.4 Å². The van der Waals surface area contributed by atoms with Gasteiger partial charge in [0.15, 0.2) is 5.84 Å². The van der Waals surface area contributed by atoms with Crippen LogP contribution in [0.25, 0.3) is 6.08 Å². The number of benzene rings is 2. The predicted molar refractivity (Wildman–Crippen MR) is 146 cm³/mol. The fourth-order valence-corrected chi connectivity index (χ4v) is 4.82. The number of ether oxygens (including phenoxy) is 3. The molecule has 0 atom stereocenters. The second kappa shape index (κ2) is 12.1. The number of morpholine rings is 1. The number of aliphatic imine (C=N–C) groups is 1. The number of amides is 2. The molecule has 1 N–H and O–H groups in total. The summed E-state index contributed by atoms with van der Waals surface area (Å²) in [4.78, 5) is 31.1. The van der Waals surface area contributed by atoms with Gasteiger partial charge in [-0.25, -0.2) is 0 Å². The van der Waals surface area contributed by atoms with E-state index in [2.05, 4.69) is 10.1 Å². The van der Waals surface area contributed by atoms with Gasteiger partial charge in [-0.1, -0.05) is 30.3 Å². The molecule has 1 saturated heterocycles. The van der Waals surface area contributed by atoms with E-state index in [1.165, 1.54) is 5.01 Å². The topological polar surface area (TPSA) is 117 Å². The van der Waals surface area contributed by atoms with Crippen molar-refractivity contribution < 1.29 is 23.8 Å². The summed E-state index contributed by atoms with van der Waals surface area (Å²) >= 11 is 1.15. The molecule has 0 aliphatic carbocycles. The highest BCUT2D eigenvalue weighted by molar-refractivity contribution is 8.27. The smallest absolute Gasteiger partial charge is 0.283 e. The molecule has 3 aliphatic heterocycles. The van der Waals surface area contributed by atoms with Gasteiger partial charge in [0, 0.05) is 19.5 Å². The molecule has 0 bridgehead atoms. The lowest BCUT2D eigenvalue weighted by atomic mass is 10.1. The monoisotopic (exact) mass is 533 g/mol. The third-order valence-electron chi connectivity index (χ3n) is 5.92. The van der Waals surface area contributed by atoms with Crippen LogP contribution >= 0.6 is 11.8 Å². The highest BCUT2D eigenvalue weighted by Crippen LogP contribution is 2.30. The van der Waals surface area contributed by atoms with Crippen LogP contribution in [0, 0.1) is 5.41 Å². The molecule has 0 saturated carbocycles. The molecule has 1 fully saturated rings. The number of nitrogens with one attached hydrogen (secondary N) is 1. The van der Waals surface area contributed by atoms with E-state index < -0.39 is 5.91 Å². The van der Waals surface area contributed by atoms with Crippen molar-refractivity contribution in [2.75, 3.05) is 39.5 Å². The number of para-hydroxylation sites is 1. The highest BCUT2D eigenvalue weighted by Gasteiger charge is 2.36. The summed E-state index contributed by atoms with van der Waals surface area (Å²) in [7, 11) is 0. The molecule has 10 nitrogen and oxygen atoms in total. The van der Waals surface area contributed by atoms with Gasteiger partial charge < -0.3 is 19.1 Å². The molecule has 5 rings (SSSR count). The zero-order valence-corrected chi connectivity index (χ0v) is 21.5. The van der Waals surface area contributed by atoms with Crippen molar-refractivity contribution in [2.24, 2.45) is 10.1 Å². The van der Waals surface area contributed by atoms with E-state index >= 15 is 0 Å². The van der Waals surface area contributed by atoms with Crippen molar-refractivity contribution in [3.05, 3.63) is 65.7 Å². The lowest BCUT2D eigenvalue weighted by molar-refractivity contribution is -0.133. The Kier molecular flexibility index (Phi) is 8.15. The quantitative estimate of drug-likeness (QED) is 0.388. The first kappa shape index (κ1) is 25.7. The summed E-state index contributed by atoms with van der Waals surface area (Å²) in [5.74, 6) is 0.899. The fourth-order valence-electron chi connectivity index (χ4n) is 3.94. The zero-order chi connectivity index (χ0) is 26.3. The van der Waals surface area contributed by atoms with Gasteiger partial charge in [-0.15, -0.1) is 0 Å². The van der Waals surface area contributed by atoms with Crippen LogP contribution < -0.4 is 9.47 Å². The maximum atomic E-state index is 12.7. The predicted octanol–water partition coefficient (Wildman–Crippen LogP) is 3.40. The van der Waals surface area contributed by atoms with Gasteiger partial charge in [-0.05, 0) is 47.7 Å². The summed E-state index contributed by atoms with van der Waals surface area (Å²) in [6.07, 6.45) is 2.45. The molecule has 2 amide bonds. The molecule has 3 heterocycles. The van der Waals surface area contributed by atoms with E-state index in [0.717, 1.165) is 29.5 Å². The Balaban J connectivity index is 1.15. The molecule has 11 heteroatoms. The van der Waals surface area contributed by atoms with Crippen molar-refractivity contribution >= 4 is 45.7 Å². The molecule has 0 aromatic heterocycles. The Hall–Kier alpha value is -3.96. The number of nitrogens with zero attached hydrogens (tertiary/aromatic N) is 4. The molecule has 196 valence electrons. The zero-order valence-electron chi connectivity index (χ0n) is 20.7. The first-order chi connectivity index (χ1) is 18.6. The molecular formula is C27H27N5O5S. The van der Waals surface area contributed by atoms with Crippen LogP contribution in [0.4, 0.5) is 0 Å². The third-order valence-corrected chi connectivity index (χ3v) is 6.83. The van der Waals surface area contributed by atoms with E-state index in [4.69, 9.17) is 19.6 Å². The van der Waals surface area contributed by atoms with Crippen molar-refractivity contribution in [1.82, 2.24) is 9.91 Å².